The highest BCUT2D eigenvalue weighted by Crippen LogP contribution is 2.33. The Morgan fingerprint density at radius 1 is 1.37 bits per heavy atom. The van der Waals surface area contributed by atoms with Gasteiger partial charge < -0.3 is 19.6 Å². The average Bonchev–Trinajstić information content (AvgIpc) is 2.77. The van der Waals surface area contributed by atoms with Crippen LogP contribution >= 0.6 is 0 Å². The second-order valence-corrected chi connectivity index (χ2v) is 7.60. The van der Waals surface area contributed by atoms with E-state index >= 15 is 0 Å². The standard InChI is InChI=1S/C16H12F3N5O5S/c1-8-6-24(15(25)12-13(21)22-7-23-14(12)28-8)10-2-3-11(9(4-10)5-20)29-30(26,27)16(17,18)19/h2-4,7-8H,6H2,1H3,(H2,21,22,23). The first-order valence-corrected chi connectivity index (χ1v) is 9.49. The van der Waals surface area contributed by atoms with Gasteiger partial charge in [0.05, 0.1) is 12.1 Å². The van der Waals surface area contributed by atoms with Gasteiger partial charge in [0.2, 0.25) is 5.88 Å². The van der Waals surface area contributed by atoms with Crippen molar-refractivity contribution >= 4 is 27.5 Å². The number of nitrogens with zero attached hydrogens (tertiary/aromatic N) is 4. The molecule has 1 unspecified atom stereocenters. The van der Waals surface area contributed by atoms with E-state index in [2.05, 4.69) is 14.2 Å². The van der Waals surface area contributed by atoms with Crippen molar-refractivity contribution in [2.24, 2.45) is 0 Å². The van der Waals surface area contributed by atoms with Crippen molar-refractivity contribution in [3.63, 3.8) is 0 Å². The van der Waals surface area contributed by atoms with Crippen LogP contribution in [0.15, 0.2) is 24.5 Å². The maximum absolute atomic E-state index is 13.0. The minimum absolute atomic E-state index is 0.0272. The highest BCUT2D eigenvalue weighted by molar-refractivity contribution is 7.88. The zero-order valence-corrected chi connectivity index (χ0v) is 15.9. The van der Waals surface area contributed by atoms with E-state index in [4.69, 9.17) is 10.5 Å². The molecule has 1 aromatic carbocycles. The van der Waals surface area contributed by atoms with Gasteiger partial charge in [-0.3, -0.25) is 4.79 Å². The van der Waals surface area contributed by atoms with Gasteiger partial charge in [-0.2, -0.15) is 26.9 Å². The summed E-state index contributed by atoms with van der Waals surface area (Å²) in [4.78, 5) is 21.7. The fourth-order valence-corrected chi connectivity index (χ4v) is 3.09. The van der Waals surface area contributed by atoms with Crippen molar-refractivity contribution in [3.05, 3.63) is 35.7 Å². The number of alkyl halides is 3. The van der Waals surface area contributed by atoms with Crippen molar-refractivity contribution in [1.82, 2.24) is 9.97 Å². The van der Waals surface area contributed by atoms with Crippen LogP contribution in [0.3, 0.4) is 0 Å². The first-order chi connectivity index (χ1) is 13.9. The van der Waals surface area contributed by atoms with Crippen molar-refractivity contribution in [3.8, 4) is 17.7 Å². The molecule has 30 heavy (non-hydrogen) atoms. The fourth-order valence-electron chi connectivity index (χ4n) is 2.61. The van der Waals surface area contributed by atoms with Gasteiger partial charge in [-0.15, -0.1) is 0 Å². The molecule has 2 N–H and O–H groups in total. The lowest BCUT2D eigenvalue weighted by molar-refractivity contribution is -0.0500. The fraction of sp³-hybridized carbons (Fsp3) is 0.250. The third-order valence-electron chi connectivity index (χ3n) is 3.93. The molecule has 0 aliphatic carbocycles. The lowest BCUT2D eigenvalue weighted by atomic mass is 10.1. The lowest BCUT2D eigenvalue weighted by Crippen LogP contribution is -2.36. The number of anilines is 2. The quantitative estimate of drug-likeness (QED) is 0.551. The van der Waals surface area contributed by atoms with Gasteiger partial charge in [-0.1, -0.05) is 0 Å². The molecule has 0 spiro atoms. The molecule has 2 heterocycles. The summed E-state index contributed by atoms with van der Waals surface area (Å²) in [7, 11) is -5.98. The summed E-state index contributed by atoms with van der Waals surface area (Å²) in [6, 6.07) is 4.52. The van der Waals surface area contributed by atoms with Crippen LogP contribution in [0.5, 0.6) is 11.6 Å². The minimum Gasteiger partial charge on any atom is -0.472 e. The number of hydrogen-bond acceptors (Lipinski definition) is 9. The molecule has 1 aromatic heterocycles. The van der Waals surface area contributed by atoms with Crippen LogP contribution in [-0.2, 0) is 10.1 Å². The summed E-state index contributed by atoms with van der Waals surface area (Å²) >= 11 is 0. The number of rotatable bonds is 3. The van der Waals surface area contributed by atoms with Crippen molar-refractivity contribution in [2.75, 3.05) is 17.2 Å². The van der Waals surface area contributed by atoms with E-state index in [9.17, 15) is 31.6 Å². The molecule has 1 atom stereocenters. The molecule has 1 aliphatic rings. The van der Waals surface area contributed by atoms with Crippen molar-refractivity contribution < 1.29 is 35.3 Å². The molecule has 0 bridgehead atoms. The smallest absolute Gasteiger partial charge is 0.472 e. The monoisotopic (exact) mass is 443 g/mol. The number of hydrogen-bond donors (Lipinski definition) is 1. The zero-order valence-electron chi connectivity index (χ0n) is 15.0. The average molecular weight is 443 g/mol. The van der Waals surface area contributed by atoms with Gasteiger partial charge in [0.15, 0.2) is 5.75 Å². The maximum atomic E-state index is 13.0. The van der Waals surface area contributed by atoms with Crippen LogP contribution in [0, 0.1) is 11.3 Å². The largest absolute Gasteiger partial charge is 0.534 e. The number of nitriles is 1. The molecule has 10 nitrogen and oxygen atoms in total. The Hall–Kier alpha value is -3.60. The van der Waals surface area contributed by atoms with Gasteiger partial charge in [0, 0.05) is 5.69 Å². The van der Waals surface area contributed by atoms with E-state index in [1.165, 1.54) is 0 Å². The molecule has 158 valence electrons. The Morgan fingerprint density at radius 3 is 2.70 bits per heavy atom. The highest BCUT2D eigenvalue weighted by Gasteiger charge is 2.49. The van der Waals surface area contributed by atoms with E-state index in [1.807, 2.05) is 0 Å². The Bertz CT molecular complexity index is 1160. The van der Waals surface area contributed by atoms with Crippen LogP contribution in [0.1, 0.15) is 22.8 Å². The summed E-state index contributed by atoms with van der Waals surface area (Å²) < 4.78 is 69.7. The van der Waals surface area contributed by atoms with Gasteiger partial charge in [0.1, 0.15) is 29.9 Å². The molecule has 0 fully saturated rings. The number of nitrogen functional groups attached to an aromatic ring is 1. The lowest BCUT2D eigenvalue weighted by Gasteiger charge is -2.23. The number of fused-ring (bicyclic) bond motifs is 1. The number of benzene rings is 1. The van der Waals surface area contributed by atoms with E-state index in [0.29, 0.717) is 0 Å². The Kier molecular flexibility index (Phi) is 5.16. The summed E-state index contributed by atoms with van der Waals surface area (Å²) in [6.45, 7) is 1.60. The number of halogens is 3. The van der Waals surface area contributed by atoms with E-state index in [1.54, 1.807) is 13.0 Å². The second-order valence-electron chi connectivity index (χ2n) is 6.06. The minimum atomic E-state index is -5.98. The maximum Gasteiger partial charge on any atom is 0.534 e. The third-order valence-corrected chi connectivity index (χ3v) is 4.90. The van der Waals surface area contributed by atoms with Crippen molar-refractivity contribution in [1.29, 1.82) is 5.26 Å². The zero-order chi connectivity index (χ0) is 22.3. The molecule has 0 radical (unpaired) electrons. The van der Waals surface area contributed by atoms with Crippen LogP contribution in [0.25, 0.3) is 0 Å². The van der Waals surface area contributed by atoms with Gasteiger partial charge in [0.25, 0.3) is 5.91 Å². The van der Waals surface area contributed by atoms with Gasteiger partial charge >= 0.3 is 15.6 Å². The summed E-state index contributed by atoms with van der Waals surface area (Å²) in [6.07, 6.45) is 0.543. The first kappa shape index (κ1) is 21.1. The normalized spacial score (nSPS) is 16.8. The predicted molar refractivity (Wildman–Crippen MR) is 95.0 cm³/mol. The number of amides is 1. The Labute approximate surface area is 167 Å². The van der Waals surface area contributed by atoms with Crippen LogP contribution in [-0.4, -0.2) is 42.4 Å². The van der Waals surface area contributed by atoms with Crippen LogP contribution in [0.2, 0.25) is 0 Å². The molecule has 1 aliphatic heterocycles. The molecular formula is C16H12F3N5O5S. The molecular weight excluding hydrogens is 431 g/mol. The highest BCUT2D eigenvalue weighted by atomic mass is 32.2. The third kappa shape index (κ3) is 3.79. The number of carbonyl (C=O) groups excluding carboxylic acids is 1. The van der Waals surface area contributed by atoms with Crippen LogP contribution in [0.4, 0.5) is 24.7 Å². The van der Waals surface area contributed by atoms with E-state index in [0.717, 1.165) is 29.4 Å². The van der Waals surface area contributed by atoms with E-state index < -0.39 is 39.0 Å². The molecule has 0 saturated carbocycles. The predicted octanol–water partition coefficient (Wildman–Crippen LogP) is 1.59. The van der Waals surface area contributed by atoms with E-state index in [-0.39, 0.29) is 29.5 Å². The topological polar surface area (TPSA) is 148 Å². The molecule has 1 amide bonds. The van der Waals surface area contributed by atoms with Crippen LogP contribution < -0.4 is 19.6 Å². The number of ether oxygens (including phenoxy) is 1. The van der Waals surface area contributed by atoms with Crippen molar-refractivity contribution in [2.45, 2.75) is 18.5 Å². The van der Waals surface area contributed by atoms with Gasteiger partial charge in [-0.05, 0) is 25.1 Å². The SMILES string of the molecule is CC1CN(c2ccc(OS(=O)(=O)C(F)(F)F)c(C#N)c2)C(=O)c2c(N)ncnc2O1. The molecule has 2 aromatic rings. The van der Waals surface area contributed by atoms with Gasteiger partial charge in [-0.25, -0.2) is 9.97 Å². The summed E-state index contributed by atoms with van der Waals surface area (Å²) in [5, 5.41) is 9.24. The molecule has 14 heteroatoms. The molecule has 0 saturated heterocycles. The Morgan fingerprint density at radius 2 is 2.07 bits per heavy atom. The summed E-state index contributed by atoms with van der Waals surface area (Å²) in [5.74, 6) is -1.71. The second kappa shape index (κ2) is 7.34. The molecule has 3 rings (SSSR count). The first-order valence-electron chi connectivity index (χ1n) is 8.08. The Balaban J connectivity index is 2.03. The number of carbonyl (C=O) groups is 1. The summed E-state index contributed by atoms with van der Waals surface area (Å²) in [5.41, 5.74) is -0.514. The number of aromatic nitrogens is 2. The number of nitrogens with two attached hydrogens (primary N) is 1.